The van der Waals surface area contributed by atoms with Crippen molar-refractivity contribution in [3.05, 3.63) is 40.2 Å². The van der Waals surface area contributed by atoms with Crippen molar-refractivity contribution < 1.29 is 0 Å². The highest BCUT2D eigenvalue weighted by atomic mass is 35.5. The number of anilines is 1. The Balaban J connectivity index is 1.99. The fourth-order valence-electron chi connectivity index (χ4n) is 1.71. The Bertz CT molecular complexity index is 539. The van der Waals surface area contributed by atoms with Crippen LogP contribution in [-0.4, -0.2) is 15.0 Å². The summed E-state index contributed by atoms with van der Waals surface area (Å²) in [6, 6.07) is 1.74. The number of rotatable bonds is 6. The van der Waals surface area contributed by atoms with E-state index in [9.17, 15) is 0 Å². The van der Waals surface area contributed by atoms with Crippen LogP contribution >= 0.6 is 23.2 Å². The third-order valence-corrected chi connectivity index (χ3v) is 3.41. The number of pyridine rings is 1. The van der Waals surface area contributed by atoms with Gasteiger partial charge in [0.05, 0.1) is 29.1 Å². The number of H-pyrrole nitrogens is 1. The second-order valence-electron chi connectivity index (χ2n) is 4.27. The molecule has 0 saturated heterocycles. The molecule has 0 amide bonds. The lowest BCUT2D eigenvalue weighted by Crippen LogP contribution is -2.01. The van der Waals surface area contributed by atoms with E-state index in [2.05, 4.69) is 27.2 Å². The maximum atomic E-state index is 6.10. The van der Waals surface area contributed by atoms with Gasteiger partial charge in [-0.05, 0) is 12.5 Å². The van der Waals surface area contributed by atoms with E-state index < -0.39 is 0 Å². The third kappa shape index (κ3) is 3.85. The number of aryl methyl sites for hydroxylation is 1. The van der Waals surface area contributed by atoms with E-state index in [1.54, 1.807) is 18.5 Å². The van der Waals surface area contributed by atoms with E-state index in [1.807, 2.05) is 0 Å². The molecule has 0 aromatic carbocycles. The van der Waals surface area contributed by atoms with Gasteiger partial charge in [-0.25, -0.2) is 4.98 Å². The number of hydrogen-bond donors (Lipinski definition) is 2. The van der Waals surface area contributed by atoms with Crippen molar-refractivity contribution in [3.63, 3.8) is 0 Å². The molecule has 0 aliphatic carbocycles. The monoisotopic (exact) mass is 298 g/mol. The minimum Gasteiger partial charge on any atom is -0.377 e. The summed E-state index contributed by atoms with van der Waals surface area (Å²) in [4.78, 5) is 11.6. The Hall–Kier alpha value is -1.26. The minimum absolute atomic E-state index is 0.513. The van der Waals surface area contributed by atoms with Crippen LogP contribution in [0.4, 0.5) is 5.69 Å². The summed E-state index contributed by atoms with van der Waals surface area (Å²) < 4.78 is 0. The van der Waals surface area contributed by atoms with Gasteiger partial charge in [0.1, 0.15) is 5.82 Å². The van der Waals surface area contributed by atoms with E-state index in [4.69, 9.17) is 23.2 Å². The van der Waals surface area contributed by atoms with Crippen LogP contribution in [-0.2, 0) is 13.0 Å². The van der Waals surface area contributed by atoms with Crippen LogP contribution in [0.1, 0.15) is 31.3 Å². The minimum atomic E-state index is 0.513. The predicted octanol–water partition coefficient (Wildman–Crippen LogP) is 4.07. The van der Waals surface area contributed by atoms with Gasteiger partial charge in [0, 0.05) is 12.6 Å². The van der Waals surface area contributed by atoms with E-state index in [1.165, 1.54) is 0 Å². The number of aromatic nitrogens is 3. The first-order valence-corrected chi connectivity index (χ1v) is 7.03. The molecule has 0 atom stereocenters. The van der Waals surface area contributed by atoms with Gasteiger partial charge in [-0.1, -0.05) is 36.5 Å². The Morgan fingerprint density at radius 3 is 2.95 bits per heavy atom. The van der Waals surface area contributed by atoms with Gasteiger partial charge in [0.25, 0.3) is 0 Å². The SMILES string of the molecule is CCCCc1nc(Cl)c(CNc2cnccc2Cl)[nH]1. The van der Waals surface area contributed by atoms with Crippen molar-refractivity contribution in [3.8, 4) is 0 Å². The average molecular weight is 299 g/mol. The number of nitrogens with zero attached hydrogens (tertiary/aromatic N) is 2. The van der Waals surface area contributed by atoms with Crippen LogP contribution in [0.2, 0.25) is 10.2 Å². The van der Waals surface area contributed by atoms with Crippen molar-refractivity contribution >= 4 is 28.9 Å². The summed E-state index contributed by atoms with van der Waals surface area (Å²) in [5, 5.41) is 4.34. The predicted molar refractivity (Wildman–Crippen MR) is 78.8 cm³/mol. The molecule has 0 spiro atoms. The summed E-state index contributed by atoms with van der Waals surface area (Å²) in [5.74, 6) is 0.931. The summed E-state index contributed by atoms with van der Waals surface area (Å²) in [5.41, 5.74) is 1.65. The number of imidazole rings is 1. The van der Waals surface area contributed by atoms with Crippen molar-refractivity contribution in [2.75, 3.05) is 5.32 Å². The lowest BCUT2D eigenvalue weighted by atomic mass is 10.2. The summed E-state index contributed by atoms with van der Waals surface area (Å²) in [6.07, 6.45) is 6.50. The van der Waals surface area contributed by atoms with E-state index in [-0.39, 0.29) is 0 Å². The van der Waals surface area contributed by atoms with Crippen molar-refractivity contribution in [1.82, 2.24) is 15.0 Å². The summed E-state index contributed by atoms with van der Waals surface area (Å²) in [6.45, 7) is 2.70. The normalized spacial score (nSPS) is 10.7. The topological polar surface area (TPSA) is 53.6 Å². The fourth-order valence-corrected chi connectivity index (χ4v) is 2.10. The van der Waals surface area contributed by atoms with Gasteiger partial charge < -0.3 is 10.3 Å². The molecular formula is C13H16Cl2N4. The summed E-state index contributed by atoms with van der Waals surface area (Å²) in [7, 11) is 0. The van der Waals surface area contributed by atoms with E-state index in [0.717, 1.165) is 36.5 Å². The molecule has 0 aliphatic heterocycles. The van der Waals surface area contributed by atoms with Gasteiger partial charge in [0.2, 0.25) is 0 Å². The molecular weight excluding hydrogens is 283 g/mol. The average Bonchev–Trinajstić information content (AvgIpc) is 2.76. The van der Waals surface area contributed by atoms with E-state index >= 15 is 0 Å². The standard InChI is InChI=1S/C13H16Cl2N4/c1-2-3-4-12-18-11(13(15)19-12)8-17-10-7-16-6-5-9(10)14/h5-7,17H,2-4,8H2,1H3,(H,18,19). The van der Waals surface area contributed by atoms with Gasteiger partial charge >= 0.3 is 0 Å². The van der Waals surface area contributed by atoms with Gasteiger partial charge in [0.15, 0.2) is 5.15 Å². The fraction of sp³-hybridized carbons (Fsp3) is 0.385. The molecule has 2 rings (SSSR count). The molecule has 0 radical (unpaired) electrons. The number of hydrogen-bond acceptors (Lipinski definition) is 3. The van der Waals surface area contributed by atoms with Crippen LogP contribution in [0.3, 0.4) is 0 Å². The zero-order valence-electron chi connectivity index (χ0n) is 10.7. The van der Waals surface area contributed by atoms with Crippen LogP contribution in [0, 0.1) is 0 Å². The molecule has 0 aliphatic rings. The maximum Gasteiger partial charge on any atom is 0.152 e. The first-order valence-electron chi connectivity index (χ1n) is 6.27. The maximum absolute atomic E-state index is 6.10. The van der Waals surface area contributed by atoms with Gasteiger partial charge in [-0.3, -0.25) is 4.98 Å². The molecule has 0 bridgehead atoms. The first-order chi connectivity index (χ1) is 9.20. The number of aromatic amines is 1. The number of nitrogens with one attached hydrogen (secondary N) is 2. The first kappa shape index (κ1) is 14.2. The van der Waals surface area contributed by atoms with Crippen molar-refractivity contribution in [2.24, 2.45) is 0 Å². The lowest BCUT2D eigenvalue weighted by Gasteiger charge is -2.06. The molecule has 4 nitrogen and oxygen atoms in total. The number of unbranched alkanes of at least 4 members (excludes halogenated alkanes) is 1. The molecule has 0 fully saturated rings. The quantitative estimate of drug-likeness (QED) is 0.845. The molecule has 2 aromatic rings. The second-order valence-corrected chi connectivity index (χ2v) is 5.03. The third-order valence-electron chi connectivity index (χ3n) is 2.77. The summed E-state index contributed by atoms with van der Waals surface area (Å²) >= 11 is 12.1. The molecule has 2 N–H and O–H groups in total. The van der Waals surface area contributed by atoms with Crippen molar-refractivity contribution in [2.45, 2.75) is 32.7 Å². The highest BCUT2D eigenvalue weighted by molar-refractivity contribution is 6.33. The highest BCUT2D eigenvalue weighted by Crippen LogP contribution is 2.21. The zero-order chi connectivity index (χ0) is 13.7. The van der Waals surface area contributed by atoms with Crippen molar-refractivity contribution in [1.29, 1.82) is 0 Å². The Morgan fingerprint density at radius 2 is 2.21 bits per heavy atom. The molecule has 2 heterocycles. The molecule has 6 heteroatoms. The lowest BCUT2D eigenvalue weighted by molar-refractivity contribution is 0.760. The van der Waals surface area contributed by atoms with Crippen LogP contribution < -0.4 is 5.32 Å². The highest BCUT2D eigenvalue weighted by Gasteiger charge is 2.08. The Kier molecular flexibility index (Phi) is 5.05. The Morgan fingerprint density at radius 1 is 1.37 bits per heavy atom. The smallest absolute Gasteiger partial charge is 0.152 e. The van der Waals surface area contributed by atoms with Crippen LogP contribution in [0.25, 0.3) is 0 Å². The molecule has 19 heavy (non-hydrogen) atoms. The van der Waals surface area contributed by atoms with Gasteiger partial charge in [-0.15, -0.1) is 0 Å². The molecule has 2 aromatic heterocycles. The second kappa shape index (κ2) is 6.78. The largest absolute Gasteiger partial charge is 0.377 e. The molecule has 102 valence electrons. The molecule has 0 unspecified atom stereocenters. The van der Waals surface area contributed by atoms with Crippen LogP contribution in [0.5, 0.6) is 0 Å². The van der Waals surface area contributed by atoms with Gasteiger partial charge in [-0.2, -0.15) is 0 Å². The molecule has 0 saturated carbocycles. The van der Waals surface area contributed by atoms with E-state index in [0.29, 0.717) is 16.7 Å². The Labute approximate surface area is 122 Å². The zero-order valence-corrected chi connectivity index (χ0v) is 12.2. The van der Waals surface area contributed by atoms with Crippen LogP contribution in [0.15, 0.2) is 18.5 Å². The number of halogens is 2.